The van der Waals surface area contributed by atoms with Crippen molar-refractivity contribution in [3.8, 4) is 22.2 Å². The molecule has 0 amide bonds. The van der Waals surface area contributed by atoms with Crippen LogP contribution in [-0.2, 0) is 12.8 Å². The fourth-order valence-corrected chi connectivity index (χ4v) is 3.89. The van der Waals surface area contributed by atoms with Gasteiger partial charge in [0.2, 0.25) is 5.82 Å². The molecule has 0 aliphatic heterocycles. The van der Waals surface area contributed by atoms with E-state index in [1.807, 2.05) is 24.3 Å². The number of anilines is 1. The third-order valence-corrected chi connectivity index (χ3v) is 5.00. The van der Waals surface area contributed by atoms with Gasteiger partial charge in [0.05, 0.1) is 4.88 Å². The Morgan fingerprint density at radius 1 is 1.14 bits per heavy atom. The summed E-state index contributed by atoms with van der Waals surface area (Å²) >= 11 is 1.78. The number of nitrogen functional groups attached to an aromatic ring is 1. The molecule has 1 aliphatic carbocycles. The highest BCUT2D eigenvalue weighted by Gasteiger charge is 2.18. The number of aryl methyl sites for hydroxylation is 2. The second-order valence-electron chi connectivity index (χ2n) is 5.31. The van der Waals surface area contributed by atoms with Crippen LogP contribution in [0, 0.1) is 0 Å². The van der Waals surface area contributed by atoms with E-state index >= 15 is 0 Å². The summed E-state index contributed by atoms with van der Waals surface area (Å²) in [6.45, 7) is 0. The zero-order valence-corrected chi connectivity index (χ0v) is 12.3. The number of thiophene rings is 1. The molecule has 21 heavy (non-hydrogen) atoms. The number of nitrogens with zero attached hydrogens (tertiary/aromatic N) is 2. The first-order valence-electron chi connectivity index (χ1n) is 7.11. The molecule has 0 fully saturated rings. The summed E-state index contributed by atoms with van der Waals surface area (Å²) in [5.41, 5.74) is 8.83. The van der Waals surface area contributed by atoms with Gasteiger partial charge >= 0.3 is 0 Å². The smallest absolute Gasteiger partial charge is 0.268 e. The Hall–Kier alpha value is -2.14. The molecule has 3 aromatic rings. The molecule has 0 bridgehead atoms. The molecule has 4 nitrogen and oxygen atoms in total. The van der Waals surface area contributed by atoms with Gasteiger partial charge in [-0.1, -0.05) is 17.3 Å². The number of benzene rings is 1. The molecule has 0 unspecified atom stereocenters. The van der Waals surface area contributed by atoms with Crippen molar-refractivity contribution in [1.29, 1.82) is 0 Å². The van der Waals surface area contributed by atoms with E-state index in [1.54, 1.807) is 11.3 Å². The Morgan fingerprint density at radius 2 is 2.05 bits per heavy atom. The summed E-state index contributed by atoms with van der Waals surface area (Å²) in [6, 6.07) is 9.73. The fourth-order valence-electron chi connectivity index (χ4n) is 2.71. The predicted molar refractivity (Wildman–Crippen MR) is 84.1 cm³/mol. The minimum absolute atomic E-state index is 0.587. The van der Waals surface area contributed by atoms with Crippen LogP contribution in [0.4, 0.5) is 5.69 Å². The lowest BCUT2D eigenvalue weighted by atomic mass is 9.99. The zero-order chi connectivity index (χ0) is 14.2. The Kier molecular flexibility index (Phi) is 3.00. The maximum Gasteiger partial charge on any atom is 0.268 e. The van der Waals surface area contributed by atoms with Crippen LogP contribution in [0.1, 0.15) is 23.3 Å². The highest BCUT2D eigenvalue weighted by atomic mass is 32.1. The van der Waals surface area contributed by atoms with Crippen LogP contribution < -0.4 is 5.73 Å². The molecule has 2 N–H and O–H groups in total. The topological polar surface area (TPSA) is 64.9 Å². The SMILES string of the molecule is Nc1cccc(-c2noc(-c3cc4c(s3)CCCC4)n2)c1. The van der Waals surface area contributed by atoms with Gasteiger partial charge in [0.15, 0.2) is 0 Å². The Balaban J connectivity index is 1.69. The minimum atomic E-state index is 0.587. The van der Waals surface area contributed by atoms with Crippen molar-refractivity contribution < 1.29 is 4.52 Å². The van der Waals surface area contributed by atoms with Crippen LogP contribution in [0.3, 0.4) is 0 Å². The Labute approximate surface area is 126 Å². The first kappa shape index (κ1) is 12.6. The molecule has 2 heterocycles. The highest BCUT2D eigenvalue weighted by molar-refractivity contribution is 7.15. The van der Waals surface area contributed by atoms with E-state index in [-0.39, 0.29) is 0 Å². The van der Waals surface area contributed by atoms with Crippen molar-refractivity contribution in [3.05, 3.63) is 40.8 Å². The maximum atomic E-state index is 5.80. The van der Waals surface area contributed by atoms with Gasteiger partial charge in [0, 0.05) is 16.1 Å². The van der Waals surface area contributed by atoms with E-state index in [0.29, 0.717) is 17.4 Å². The van der Waals surface area contributed by atoms with Crippen molar-refractivity contribution in [3.63, 3.8) is 0 Å². The van der Waals surface area contributed by atoms with E-state index in [2.05, 4.69) is 16.2 Å². The van der Waals surface area contributed by atoms with E-state index in [4.69, 9.17) is 10.3 Å². The van der Waals surface area contributed by atoms with E-state index in [9.17, 15) is 0 Å². The van der Waals surface area contributed by atoms with Gasteiger partial charge in [-0.25, -0.2) is 0 Å². The molecule has 106 valence electrons. The number of nitrogens with two attached hydrogens (primary N) is 1. The molecule has 0 saturated heterocycles. The molecule has 0 radical (unpaired) electrons. The van der Waals surface area contributed by atoms with Crippen LogP contribution in [0.5, 0.6) is 0 Å². The van der Waals surface area contributed by atoms with Crippen LogP contribution >= 0.6 is 11.3 Å². The van der Waals surface area contributed by atoms with Crippen molar-refractivity contribution in [2.75, 3.05) is 5.73 Å². The van der Waals surface area contributed by atoms with Crippen LogP contribution in [-0.4, -0.2) is 10.1 Å². The van der Waals surface area contributed by atoms with Crippen LogP contribution in [0.25, 0.3) is 22.2 Å². The van der Waals surface area contributed by atoms with Crippen molar-refractivity contribution >= 4 is 17.0 Å². The maximum absolute atomic E-state index is 5.80. The number of rotatable bonds is 2. The normalized spacial score (nSPS) is 14.1. The molecule has 0 saturated carbocycles. The monoisotopic (exact) mass is 297 g/mol. The van der Waals surface area contributed by atoms with Crippen LogP contribution in [0.15, 0.2) is 34.9 Å². The summed E-state index contributed by atoms with van der Waals surface area (Å²) in [4.78, 5) is 7.06. The van der Waals surface area contributed by atoms with E-state index in [1.165, 1.54) is 36.1 Å². The molecular weight excluding hydrogens is 282 g/mol. The van der Waals surface area contributed by atoms with Gasteiger partial charge in [-0.2, -0.15) is 4.98 Å². The summed E-state index contributed by atoms with van der Waals surface area (Å²) in [6.07, 6.45) is 4.91. The molecule has 1 aliphatic rings. The third kappa shape index (κ3) is 2.34. The lowest BCUT2D eigenvalue weighted by molar-refractivity contribution is 0.433. The van der Waals surface area contributed by atoms with Crippen molar-refractivity contribution in [1.82, 2.24) is 10.1 Å². The van der Waals surface area contributed by atoms with Gasteiger partial charge < -0.3 is 10.3 Å². The Morgan fingerprint density at radius 3 is 2.90 bits per heavy atom. The zero-order valence-electron chi connectivity index (χ0n) is 11.5. The molecule has 2 aromatic heterocycles. The van der Waals surface area contributed by atoms with E-state index < -0.39 is 0 Å². The lowest BCUT2D eigenvalue weighted by Gasteiger charge is -2.08. The number of aromatic nitrogens is 2. The van der Waals surface area contributed by atoms with Crippen LogP contribution in [0.2, 0.25) is 0 Å². The standard InChI is InChI=1S/C16H15N3OS/c17-12-6-3-5-11(8-12)15-18-16(20-19-15)14-9-10-4-1-2-7-13(10)21-14/h3,5-6,8-9H,1-2,4,7,17H2. The molecule has 0 atom stereocenters. The third-order valence-electron chi connectivity index (χ3n) is 3.78. The van der Waals surface area contributed by atoms with E-state index in [0.717, 1.165) is 10.4 Å². The molecule has 0 spiro atoms. The molecular formula is C16H15N3OS. The van der Waals surface area contributed by atoms with Gasteiger partial charge in [0.25, 0.3) is 5.89 Å². The second-order valence-corrected chi connectivity index (χ2v) is 6.45. The quantitative estimate of drug-likeness (QED) is 0.728. The summed E-state index contributed by atoms with van der Waals surface area (Å²) in [5, 5.41) is 4.08. The highest BCUT2D eigenvalue weighted by Crippen LogP contribution is 2.35. The number of hydrogen-bond acceptors (Lipinski definition) is 5. The largest absolute Gasteiger partial charge is 0.399 e. The summed E-state index contributed by atoms with van der Waals surface area (Å²) in [5.74, 6) is 1.19. The first-order valence-corrected chi connectivity index (χ1v) is 7.93. The summed E-state index contributed by atoms with van der Waals surface area (Å²) < 4.78 is 5.43. The number of fused-ring (bicyclic) bond motifs is 1. The lowest BCUT2D eigenvalue weighted by Crippen LogP contribution is -1.96. The van der Waals surface area contributed by atoms with Gasteiger partial charge in [-0.15, -0.1) is 11.3 Å². The molecule has 5 heteroatoms. The summed E-state index contributed by atoms with van der Waals surface area (Å²) in [7, 11) is 0. The fraction of sp³-hybridized carbons (Fsp3) is 0.250. The minimum Gasteiger partial charge on any atom is -0.399 e. The first-order chi connectivity index (χ1) is 10.3. The second kappa shape index (κ2) is 5.00. The van der Waals surface area contributed by atoms with Crippen molar-refractivity contribution in [2.45, 2.75) is 25.7 Å². The van der Waals surface area contributed by atoms with Crippen molar-refractivity contribution in [2.24, 2.45) is 0 Å². The van der Waals surface area contributed by atoms with Gasteiger partial charge in [-0.3, -0.25) is 0 Å². The average molecular weight is 297 g/mol. The molecule has 4 rings (SSSR count). The number of hydrogen-bond donors (Lipinski definition) is 1. The van der Waals surface area contributed by atoms with Gasteiger partial charge in [0.1, 0.15) is 0 Å². The Bertz CT molecular complexity index is 767. The molecule has 1 aromatic carbocycles. The predicted octanol–water partition coefficient (Wildman–Crippen LogP) is 3.93. The van der Waals surface area contributed by atoms with Gasteiger partial charge in [-0.05, 0) is 49.4 Å². The average Bonchev–Trinajstić information content (AvgIpc) is 3.14.